The van der Waals surface area contributed by atoms with E-state index in [0.717, 1.165) is 18.5 Å². The summed E-state index contributed by atoms with van der Waals surface area (Å²) in [6.45, 7) is 6.59. The van der Waals surface area contributed by atoms with Crippen molar-refractivity contribution in [2.24, 2.45) is 0 Å². The Bertz CT molecular complexity index is 805. The van der Waals surface area contributed by atoms with Gasteiger partial charge in [0.1, 0.15) is 10.7 Å². The third-order valence-corrected chi connectivity index (χ3v) is 6.78. The topological polar surface area (TPSA) is 69.3 Å². The number of aromatic amines is 1. The monoisotopic (exact) mass is 366 g/mol. The van der Waals surface area contributed by atoms with Gasteiger partial charge in [-0.15, -0.1) is 0 Å². The van der Waals surface area contributed by atoms with Crippen molar-refractivity contribution >= 4 is 10.0 Å². The van der Waals surface area contributed by atoms with Crippen molar-refractivity contribution in [3.8, 4) is 0 Å². The molecule has 1 fully saturated rings. The summed E-state index contributed by atoms with van der Waals surface area (Å²) in [4.78, 5) is 2.54. The Morgan fingerprint density at radius 3 is 2.32 bits per heavy atom. The summed E-state index contributed by atoms with van der Waals surface area (Å²) in [6.07, 6.45) is 0.826. The third-order valence-electron chi connectivity index (χ3n) is 4.62. The number of nitrogens with one attached hydrogen (secondary N) is 1. The fraction of sp³-hybridized carbons (Fsp3) is 0.471. The molecule has 0 unspecified atom stereocenters. The van der Waals surface area contributed by atoms with Crippen LogP contribution < -0.4 is 0 Å². The van der Waals surface area contributed by atoms with Crippen LogP contribution >= 0.6 is 0 Å². The van der Waals surface area contributed by atoms with Gasteiger partial charge in [0, 0.05) is 32.7 Å². The van der Waals surface area contributed by atoms with Crippen molar-refractivity contribution in [3.63, 3.8) is 0 Å². The van der Waals surface area contributed by atoms with Gasteiger partial charge in [-0.25, -0.2) is 12.8 Å². The molecule has 2 heterocycles. The second-order valence-electron chi connectivity index (χ2n) is 6.39. The van der Waals surface area contributed by atoms with Gasteiger partial charge in [-0.2, -0.15) is 9.40 Å². The second-order valence-corrected chi connectivity index (χ2v) is 8.26. The molecule has 0 radical (unpaired) electrons. The van der Waals surface area contributed by atoms with Crippen LogP contribution in [0.15, 0.2) is 29.2 Å². The highest BCUT2D eigenvalue weighted by atomic mass is 32.2. The van der Waals surface area contributed by atoms with Gasteiger partial charge in [0.05, 0.1) is 11.4 Å². The number of halogens is 1. The summed E-state index contributed by atoms with van der Waals surface area (Å²) in [5.74, 6) is -0.229. The Balaban J connectivity index is 1.57. The molecule has 136 valence electrons. The number of hydrogen-bond acceptors (Lipinski definition) is 4. The first-order chi connectivity index (χ1) is 11.9. The van der Waals surface area contributed by atoms with E-state index in [1.54, 1.807) is 26.0 Å². The lowest BCUT2D eigenvalue weighted by Crippen LogP contribution is -2.49. The van der Waals surface area contributed by atoms with Gasteiger partial charge in [0.25, 0.3) is 0 Å². The number of aryl methyl sites for hydroxylation is 2. The molecule has 2 aromatic rings. The minimum Gasteiger partial charge on any atom is -0.300 e. The maximum absolute atomic E-state index is 12.9. The quantitative estimate of drug-likeness (QED) is 0.875. The summed E-state index contributed by atoms with van der Waals surface area (Å²) in [5, 5.41) is 6.73. The summed E-state index contributed by atoms with van der Waals surface area (Å²) >= 11 is 0. The number of H-pyrrole nitrogens is 1. The number of aromatic nitrogens is 2. The smallest absolute Gasteiger partial charge is 0.246 e. The van der Waals surface area contributed by atoms with Gasteiger partial charge in [-0.1, -0.05) is 12.1 Å². The van der Waals surface area contributed by atoms with Gasteiger partial charge in [-0.3, -0.25) is 5.10 Å². The zero-order valence-electron chi connectivity index (χ0n) is 14.5. The van der Waals surface area contributed by atoms with E-state index < -0.39 is 10.0 Å². The van der Waals surface area contributed by atoms with Crippen LogP contribution in [-0.4, -0.2) is 60.5 Å². The molecule has 1 N–H and O–H groups in total. The molecule has 1 saturated heterocycles. The Morgan fingerprint density at radius 2 is 1.76 bits per heavy atom. The minimum absolute atomic E-state index is 0.229. The summed E-state index contributed by atoms with van der Waals surface area (Å²) in [6, 6.07) is 6.52. The highest BCUT2D eigenvalue weighted by Crippen LogP contribution is 2.22. The van der Waals surface area contributed by atoms with E-state index in [2.05, 4.69) is 15.1 Å². The fourth-order valence-electron chi connectivity index (χ4n) is 3.18. The van der Waals surface area contributed by atoms with E-state index in [1.807, 2.05) is 0 Å². The van der Waals surface area contributed by atoms with E-state index in [9.17, 15) is 12.8 Å². The largest absolute Gasteiger partial charge is 0.300 e. The van der Waals surface area contributed by atoms with E-state index in [-0.39, 0.29) is 5.82 Å². The minimum atomic E-state index is -3.50. The molecule has 0 amide bonds. The van der Waals surface area contributed by atoms with Gasteiger partial charge in [-0.05, 0) is 38.0 Å². The standard InChI is InChI=1S/C17H23FN4O2S/c1-13-17(14(2)20-19-13)25(23,24)22-11-9-21(10-12-22)8-7-15-3-5-16(18)6-4-15/h3-6H,7-12H2,1-2H3,(H,19,20). The predicted octanol–water partition coefficient (Wildman–Crippen LogP) is 1.71. The van der Waals surface area contributed by atoms with Crippen molar-refractivity contribution in [2.75, 3.05) is 32.7 Å². The lowest BCUT2D eigenvalue weighted by atomic mass is 10.1. The van der Waals surface area contributed by atoms with Gasteiger partial charge >= 0.3 is 0 Å². The molecule has 1 aromatic heterocycles. The first-order valence-electron chi connectivity index (χ1n) is 8.36. The Morgan fingerprint density at radius 1 is 1.12 bits per heavy atom. The summed E-state index contributed by atoms with van der Waals surface area (Å²) in [7, 11) is -3.50. The van der Waals surface area contributed by atoms with Crippen molar-refractivity contribution in [2.45, 2.75) is 25.2 Å². The highest BCUT2D eigenvalue weighted by Gasteiger charge is 2.32. The van der Waals surface area contributed by atoms with E-state index in [1.165, 1.54) is 16.4 Å². The average Bonchev–Trinajstić information content (AvgIpc) is 2.94. The number of benzene rings is 1. The summed E-state index contributed by atoms with van der Waals surface area (Å²) in [5.41, 5.74) is 2.17. The van der Waals surface area contributed by atoms with Crippen molar-refractivity contribution < 1.29 is 12.8 Å². The van der Waals surface area contributed by atoms with Crippen LogP contribution in [0.4, 0.5) is 4.39 Å². The lowest BCUT2D eigenvalue weighted by molar-refractivity contribution is 0.190. The molecule has 25 heavy (non-hydrogen) atoms. The average molecular weight is 366 g/mol. The van der Waals surface area contributed by atoms with E-state index in [4.69, 9.17) is 0 Å². The number of piperazine rings is 1. The molecule has 0 aliphatic carbocycles. The van der Waals surface area contributed by atoms with Gasteiger partial charge in [0.15, 0.2) is 0 Å². The molecular formula is C17H23FN4O2S. The van der Waals surface area contributed by atoms with Crippen molar-refractivity contribution in [1.29, 1.82) is 0 Å². The van der Waals surface area contributed by atoms with Crippen LogP contribution in [0.3, 0.4) is 0 Å². The highest BCUT2D eigenvalue weighted by molar-refractivity contribution is 7.89. The third kappa shape index (κ3) is 3.91. The molecule has 0 spiro atoms. The Kier molecular flexibility index (Phi) is 5.21. The first kappa shape index (κ1) is 18.0. The fourth-order valence-corrected chi connectivity index (χ4v) is 4.94. The maximum atomic E-state index is 12.9. The molecule has 0 atom stereocenters. The van der Waals surface area contributed by atoms with Crippen LogP contribution in [0.5, 0.6) is 0 Å². The molecular weight excluding hydrogens is 343 g/mol. The molecule has 3 rings (SSSR count). The zero-order chi connectivity index (χ0) is 18.0. The molecule has 1 aliphatic rings. The summed E-state index contributed by atoms with van der Waals surface area (Å²) < 4.78 is 40.1. The number of sulfonamides is 1. The molecule has 0 saturated carbocycles. The zero-order valence-corrected chi connectivity index (χ0v) is 15.3. The predicted molar refractivity (Wildman–Crippen MR) is 93.4 cm³/mol. The number of nitrogens with zero attached hydrogens (tertiary/aromatic N) is 3. The number of rotatable bonds is 5. The molecule has 8 heteroatoms. The van der Waals surface area contributed by atoms with E-state index >= 15 is 0 Å². The van der Waals surface area contributed by atoms with Crippen LogP contribution in [-0.2, 0) is 16.4 Å². The van der Waals surface area contributed by atoms with Crippen molar-refractivity contribution in [1.82, 2.24) is 19.4 Å². The van der Waals surface area contributed by atoms with Crippen molar-refractivity contribution in [3.05, 3.63) is 47.0 Å². The van der Waals surface area contributed by atoms with Gasteiger partial charge < -0.3 is 4.90 Å². The van der Waals surface area contributed by atoms with E-state index in [0.29, 0.717) is 42.5 Å². The van der Waals surface area contributed by atoms with Gasteiger partial charge in [0.2, 0.25) is 10.0 Å². The molecule has 1 aromatic carbocycles. The number of hydrogen-bond donors (Lipinski definition) is 1. The second kappa shape index (κ2) is 7.23. The molecule has 6 nitrogen and oxygen atoms in total. The van der Waals surface area contributed by atoms with Crippen LogP contribution in [0.2, 0.25) is 0 Å². The molecule has 1 aliphatic heterocycles. The van der Waals surface area contributed by atoms with Crippen LogP contribution in [0.1, 0.15) is 17.0 Å². The molecule has 0 bridgehead atoms. The Labute approximate surface area is 147 Å². The van der Waals surface area contributed by atoms with Crippen LogP contribution in [0.25, 0.3) is 0 Å². The normalized spacial score (nSPS) is 17.1. The SMILES string of the molecule is Cc1n[nH]c(C)c1S(=O)(=O)N1CCN(CCc2ccc(F)cc2)CC1. The Hall–Kier alpha value is -1.77. The first-order valence-corrected chi connectivity index (χ1v) is 9.80. The maximum Gasteiger partial charge on any atom is 0.246 e. The van der Waals surface area contributed by atoms with Crippen LogP contribution in [0, 0.1) is 19.7 Å². The lowest BCUT2D eigenvalue weighted by Gasteiger charge is -2.34.